The first-order chi connectivity index (χ1) is 10.3. The van der Waals surface area contributed by atoms with Crippen LogP contribution in [-0.2, 0) is 14.6 Å². The van der Waals surface area contributed by atoms with Crippen molar-refractivity contribution in [1.29, 1.82) is 0 Å². The van der Waals surface area contributed by atoms with Gasteiger partial charge in [0.25, 0.3) is 0 Å². The van der Waals surface area contributed by atoms with Crippen LogP contribution in [0.3, 0.4) is 0 Å². The second-order valence-corrected chi connectivity index (χ2v) is 6.69. The Hall–Kier alpha value is -2.55. The zero-order chi connectivity index (χ0) is 16.1. The average Bonchev–Trinajstić information content (AvgIpc) is 2.71. The highest BCUT2D eigenvalue weighted by molar-refractivity contribution is 7.90. The van der Waals surface area contributed by atoms with Crippen molar-refractivity contribution in [3.05, 3.63) is 23.8 Å². The van der Waals surface area contributed by atoms with Gasteiger partial charge in [0.1, 0.15) is 23.7 Å². The minimum atomic E-state index is -3.85. The maximum atomic E-state index is 11.7. The van der Waals surface area contributed by atoms with E-state index in [1.807, 2.05) is 0 Å². The molecule has 1 aliphatic rings. The third-order valence-electron chi connectivity index (χ3n) is 3.17. The summed E-state index contributed by atoms with van der Waals surface area (Å²) in [5, 5.41) is 11.8. The molecular weight excluding hydrogens is 312 g/mol. The molecule has 0 bridgehead atoms. The van der Waals surface area contributed by atoms with Crippen LogP contribution in [0.2, 0.25) is 0 Å². The molecule has 0 amide bonds. The van der Waals surface area contributed by atoms with Crippen molar-refractivity contribution >= 4 is 38.5 Å². The number of anilines is 1. The molecule has 0 unspecified atom stereocenters. The number of carboxylic acid groups (broad SMARTS) is 1. The van der Waals surface area contributed by atoms with Crippen molar-refractivity contribution < 1.29 is 27.5 Å². The molecule has 8 nitrogen and oxygen atoms in total. The molecule has 116 valence electrons. The van der Waals surface area contributed by atoms with Crippen LogP contribution in [-0.4, -0.2) is 43.9 Å². The third kappa shape index (κ3) is 2.19. The van der Waals surface area contributed by atoms with Gasteiger partial charge in [-0.1, -0.05) is 6.58 Å². The molecule has 0 spiro atoms. The highest BCUT2D eigenvalue weighted by Crippen LogP contribution is 2.34. The molecule has 22 heavy (non-hydrogen) atoms. The molecular formula is C13H12N2O6S. The molecule has 0 aromatic carbocycles. The Kier molecular flexibility index (Phi) is 3.10. The molecule has 0 saturated heterocycles. The molecule has 0 saturated carbocycles. The van der Waals surface area contributed by atoms with E-state index in [0.717, 1.165) is 6.26 Å². The summed E-state index contributed by atoms with van der Waals surface area (Å²) in [6, 6.07) is 1.46. The molecule has 2 N–H and O–H groups in total. The van der Waals surface area contributed by atoms with E-state index in [4.69, 9.17) is 9.15 Å². The minimum Gasteiger partial charge on any atom is -0.492 e. The molecule has 2 aromatic heterocycles. The number of aromatic carboxylic acids is 1. The zero-order valence-corrected chi connectivity index (χ0v) is 12.4. The monoisotopic (exact) mass is 324 g/mol. The van der Waals surface area contributed by atoms with Crippen LogP contribution in [0, 0.1) is 0 Å². The van der Waals surface area contributed by atoms with Crippen LogP contribution in [0.15, 0.2) is 22.2 Å². The van der Waals surface area contributed by atoms with E-state index < -0.39 is 26.5 Å². The van der Waals surface area contributed by atoms with E-state index in [1.54, 1.807) is 0 Å². The smallest absolute Gasteiger partial charge is 0.341 e. The van der Waals surface area contributed by atoms with E-state index >= 15 is 0 Å². The minimum absolute atomic E-state index is 0.0706. The summed E-state index contributed by atoms with van der Waals surface area (Å²) >= 11 is 0. The number of furan rings is 1. The van der Waals surface area contributed by atoms with Gasteiger partial charge in [-0.05, 0) is 6.07 Å². The number of carboxylic acids is 1. The van der Waals surface area contributed by atoms with Crippen LogP contribution in [0.1, 0.15) is 15.9 Å². The van der Waals surface area contributed by atoms with Crippen molar-refractivity contribution in [2.24, 2.45) is 0 Å². The summed E-state index contributed by atoms with van der Waals surface area (Å²) in [6.45, 7) is 4.62. The number of pyridine rings is 1. The number of aromatic nitrogens is 1. The molecule has 0 atom stereocenters. The third-order valence-corrected chi connectivity index (χ3v) is 4.13. The Morgan fingerprint density at radius 3 is 2.86 bits per heavy atom. The normalized spacial score (nSPS) is 14.9. The first-order valence-corrected chi connectivity index (χ1v) is 8.15. The van der Waals surface area contributed by atoms with Gasteiger partial charge in [-0.15, -0.1) is 0 Å². The van der Waals surface area contributed by atoms with E-state index in [-0.39, 0.29) is 11.1 Å². The van der Waals surface area contributed by atoms with Gasteiger partial charge in [-0.2, -0.15) is 4.98 Å². The Labute approximate surface area is 125 Å². The van der Waals surface area contributed by atoms with Crippen LogP contribution >= 0.6 is 0 Å². The van der Waals surface area contributed by atoms with Gasteiger partial charge in [0.05, 0.1) is 17.5 Å². The van der Waals surface area contributed by atoms with Crippen LogP contribution in [0.5, 0.6) is 0 Å². The number of fused-ring (bicyclic) bond motifs is 2. The van der Waals surface area contributed by atoms with Gasteiger partial charge in [-0.3, -0.25) is 0 Å². The number of sulfone groups is 1. The molecule has 3 rings (SSSR count). The first-order valence-electron chi connectivity index (χ1n) is 6.26. The summed E-state index contributed by atoms with van der Waals surface area (Å²) in [6.07, 6.45) is 0.877. The lowest BCUT2D eigenvalue weighted by Gasteiger charge is -2.06. The molecule has 0 radical (unpaired) electrons. The number of hydrogen-bond donors (Lipinski definition) is 2. The molecule has 2 aromatic rings. The molecule has 1 aliphatic heterocycles. The van der Waals surface area contributed by atoms with E-state index in [9.17, 15) is 18.3 Å². The fourth-order valence-corrected chi connectivity index (χ4v) is 3.03. The summed E-state index contributed by atoms with van der Waals surface area (Å²) in [4.78, 5) is 15.6. The van der Waals surface area contributed by atoms with E-state index in [2.05, 4.69) is 16.9 Å². The predicted molar refractivity (Wildman–Crippen MR) is 77.6 cm³/mol. The first kappa shape index (κ1) is 14.4. The van der Waals surface area contributed by atoms with Gasteiger partial charge < -0.3 is 19.6 Å². The van der Waals surface area contributed by atoms with Crippen molar-refractivity contribution in [3.63, 3.8) is 0 Å². The summed E-state index contributed by atoms with van der Waals surface area (Å²) in [5.41, 5.74) is -0.0445. The second-order valence-electron chi connectivity index (χ2n) is 4.78. The SMILES string of the molecule is C=C1OCCNc2nc3oc(S(C)(=O)=O)c(C(=O)O)c3cc21. The van der Waals surface area contributed by atoms with Gasteiger partial charge >= 0.3 is 5.97 Å². The molecule has 0 aliphatic carbocycles. The Bertz CT molecular complexity index is 912. The van der Waals surface area contributed by atoms with Crippen molar-refractivity contribution in [3.8, 4) is 0 Å². The average molecular weight is 324 g/mol. The van der Waals surface area contributed by atoms with E-state index in [0.29, 0.717) is 30.3 Å². The van der Waals surface area contributed by atoms with Crippen molar-refractivity contribution in [2.45, 2.75) is 5.09 Å². The Balaban J connectivity index is 2.38. The summed E-state index contributed by atoms with van der Waals surface area (Å²) in [5.74, 6) is -0.678. The Morgan fingerprint density at radius 1 is 1.50 bits per heavy atom. The largest absolute Gasteiger partial charge is 0.492 e. The number of rotatable bonds is 2. The van der Waals surface area contributed by atoms with E-state index in [1.165, 1.54) is 6.07 Å². The number of nitrogens with zero attached hydrogens (tertiary/aromatic N) is 1. The number of hydrogen-bond acceptors (Lipinski definition) is 7. The van der Waals surface area contributed by atoms with Crippen molar-refractivity contribution in [2.75, 3.05) is 24.7 Å². The quantitative estimate of drug-likeness (QED) is 0.849. The number of carbonyl (C=O) groups is 1. The van der Waals surface area contributed by atoms with Gasteiger partial charge in [0.15, 0.2) is 0 Å². The summed E-state index contributed by atoms with van der Waals surface area (Å²) in [7, 11) is -3.85. The predicted octanol–water partition coefficient (Wildman–Crippen LogP) is 1.34. The number of nitrogens with one attached hydrogen (secondary N) is 1. The van der Waals surface area contributed by atoms with Crippen LogP contribution < -0.4 is 5.32 Å². The fourth-order valence-electron chi connectivity index (χ4n) is 2.23. The van der Waals surface area contributed by atoms with Crippen LogP contribution in [0.4, 0.5) is 5.82 Å². The van der Waals surface area contributed by atoms with Gasteiger partial charge in [0.2, 0.25) is 20.6 Å². The maximum Gasteiger partial charge on any atom is 0.341 e. The molecule has 0 fully saturated rings. The molecule has 3 heterocycles. The lowest BCUT2D eigenvalue weighted by Crippen LogP contribution is -2.06. The lowest BCUT2D eigenvalue weighted by atomic mass is 10.1. The lowest BCUT2D eigenvalue weighted by molar-refractivity contribution is 0.0691. The standard InChI is InChI=1S/C13H12N2O6S/c1-6-7-5-8-9(12(16)17)13(22(2,18)19)21-11(8)15-10(7)14-3-4-20-6/h5H,1,3-4H2,2H3,(H,14,15)(H,16,17). The highest BCUT2D eigenvalue weighted by atomic mass is 32.2. The van der Waals surface area contributed by atoms with Crippen molar-refractivity contribution in [1.82, 2.24) is 4.98 Å². The second kappa shape index (κ2) is 4.73. The van der Waals surface area contributed by atoms with Gasteiger partial charge in [0, 0.05) is 6.26 Å². The van der Waals surface area contributed by atoms with Crippen LogP contribution in [0.25, 0.3) is 16.9 Å². The Morgan fingerprint density at radius 2 is 2.23 bits per heavy atom. The molecule has 9 heteroatoms. The highest BCUT2D eigenvalue weighted by Gasteiger charge is 2.29. The summed E-state index contributed by atoms with van der Waals surface area (Å²) < 4.78 is 34.0. The maximum absolute atomic E-state index is 11.7. The fraction of sp³-hybridized carbons (Fsp3) is 0.231. The number of ether oxygens (including phenoxy) is 1. The van der Waals surface area contributed by atoms with Gasteiger partial charge in [-0.25, -0.2) is 13.2 Å². The zero-order valence-electron chi connectivity index (χ0n) is 11.5. The topological polar surface area (TPSA) is 119 Å².